The number of hydrogen-bond acceptors (Lipinski definition) is 5. The van der Waals surface area contributed by atoms with Crippen molar-refractivity contribution in [3.63, 3.8) is 0 Å². The number of ether oxygens (including phenoxy) is 3. The molecule has 0 spiro atoms. The van der Waals surface area contributed by atoms with E-state index < -0.39 is 18.0 Å². The van der Waals surface area contributed by atoms with Gasteiger partial charge in [0.25, 0.3) is 0 Å². The normalized spacial score (nSPS) is 22.2. The summed E-state index contributed by atoms with van der Waals surface area (Å²) in [5, 5.41) is 10.9. The largest absolute Gasteiger partial charge is 0.482 e. The number of carbonyl (C=O) groups is 1. The van der Waals surface area contributed by atoms with Crippen molar-refractivity contribution in [1.29, 1.82) is 0 Å². The molecule has 0 unspecified atom stereocenters. The standard InChI is InChI=1S/C17H12BrClO5/c18-9-3-8-6-22-7-23-16(8)12(4-9)17-15(21)14(20)11-5-10(19)1-2-13(11)24-17/h1-5,15,17,21H,6-7H2/t15-,17+/m0/s1. The molecule has 0 saturated carbocycles. The molecule has 0 aliphatic carbocycles. The number of carbonyl (C=O) groups excluding carboxylic acids is 1. The van der Waals surface area contributed by atoms with Crippen molar-refractivity contribution in [2.45, 2.75) is 18.8 Å². The summed E-state index contributed by atoms with van der Waals surface area (Å²) in [5.41, 5.74) is 1.71. The van der Waals surface area contributed by atoms with Crippen LogP contribution in [0.5, 0.6) is 11.5 Å². The van der Waals surface area contributed by atoms with Crippen molar-refractivity contribution in [1.82, 2.24) is 0 Å². The predicted molar refractivity (Wildman–Crippen MR) is 89.6 cm³/mol. The van der Waals surface area contributed by atoms with E-state index in [1.54, 1.807) is 18.2 Å². The van der Waals surface area contributed by atoms with Crippen LogP contribution in [0.1, 0.15) is 27.6 Å². The molecule has 5 nitrogen and oxygen atoms in total. The summed E-state index contributed by atoms with van der Waals surface area (Å²) in [6.45, 7) is 0.509. The summed E-state index contributed by atoms with van der Waals surface area (Å²) in [7, 11) is 0. The summed E-state index contributed by atoms with van der Waals surface area (Å²) in [6.07, 6.45) is -2.21. The topological polar surface area (TPSA) is 65.0 Å². The van der Waals surface area contributed by atoms with Crippen molar-refractivity contribution < 1.29 is 24.1 Å². The third-order valence-electron chi connectivity index (χ3n) is 4.03. The Morgan fingerprint density at radius 2 is 2.08 bits per heavy atom. The van der Waals surface area contributed by atoms with Gasteiger partial charge >= 0.3 is 0 Å². The molecule has 0 amide bonds. The molecule has 0 saturated heterocycles. The number of Topliss-reactive ketones (excluding diaryl/α,β-unsaturated/α-hetero) is 1. The van der Waals surface area contributed by atoms with Crippen molar-refractivity contribution in [3.8, 4) is 11.5 Å². The molecule has 24 heavy (non-hydrogen) atoms. The van der Waals surface area contributed by atoms with Gasteiger partial charge in [-0.2, -0.15) is 0 Å². The lowest BCUT2D eigenvalue weighted by atomic mass is 9.92. The van der Waals surface area contributed by atoms with Gasteiger partial charge in [-0.1, -0.05) is 27.5 Å². The van der Waals surface area contributed by atoms with Crippen molar-refractivity contribution >= 4 is 33.3 Å². The van der Waals surface area contributed by atoms with E-state index in [1.165, 1.54) is 6.07 Å². The van der Waals surface area contributed by atoms with Crippen molar-refractivity contribution in [2.24, 2.45) is 0 Å². The molecule has 1 N–H and O–H groups in total. The second-order valence-electron chi connectivity index (χ2n) is 5.58. The zero-order valence-electron chi connectivity index (χ0n) is 12.3. The average molecular weight is 412 g/mol. The smallest absolute Gasteiger partial charge is 0.199 e. The van der Waals surface area contributed by atoms with E-state index in [0.29, 0.717) is 28.7 Å². The monoisotopic (exact) mass is 410 g/mol. The van der Waals surface area contributed by atoms with Crippen LogP contribution in [-0.2, 0) is 11.3 Å². The fourth-order valence-electron chi connectivity index (χ4n) is 2.95. The summed E-state index contributed by atoms with van der Waals surface area (Å²) < 4.78 is 17.6. The molecule has 2 aliphatic heterocycles. The van der Waals surface area contributed by atoms with Crippen LogP contribution in [0.25, 0.3) is 0 Å². The lowest BCUT2D eigenvalue weighted by Crippen LogP contribution is -2.36. The molecule has 2 aromatic carbocycles. The van der Waals surface area contributed by atoms with Crippen LogP contribution in [0.3, 0.4) is 0 Å². The maximum Gasteiger partial charge on any atom is 0.199 e. The van der Waals surface area contributed by atoms with Crippen LogP contribution in [0.4, 0.5) is 0 Å². The van der Waals surface area contributed by atoms with Gasteiger partial charge in [0.15, 0.2) is 24.8 Å². The average Bonchev–Trinajstić information content (AvgIpc) is 2.58. The van der Waals surface area contributed by atoms with Gasteiger partial charge in [-0.05, 0) is 30.3 Å². The Labute approximate surface area is 151 Å². The summed E-state index contributed by atoms with van der Waals surface area (Å²) in [4.78, 5) is 12.5. The van der Waals surface area contributed by atoms with Gasteiger partial charge in [0.2, 0.25) is 0 Å². The first-order valence-corrected chi connectivity index (χ1v) is 8.43. The highest BCUT2D eigenvalue weighted by atomic mass is 79.9. The number of hydrogen-bond donors (Lipinski definition) is 1. The van der Waals surface area contributed by atoms with Crippen LogP contribution in [0.2, 0.25) is 5.02 Å². The number of fused-ring (bicyclic) bond motifs is 2. The van der Waals surface area contributed by atoms with Gasteiger partial charge in [0, 0.05) is 20.6 Å². The maximum absolute atomic E-state index is 12.5. The Balaban J connectivity index is 1.82. The van der Waals surface area contributed by atoms with Gasteiger partial charge < -0.3 is 19.3 Å². The van der Waals surface area contributed by atoms with E-state index >= 15 is 0 Å². The molecular formula is C17H12BrClO5. The number of halogens is 2. The molecule has 0 radical (unpaired) electrons. The van der Waals surface area contributed by atoms with Gasteiger partial charge in [-0.3, -0.25) is 4.79 Å². The first-order valence-electron chi connectivity index (χ1n) is 7.26. The molecule has 0 bridgehead atoms. The van der Waals surface area contributed by atoms with Crippen LogP contribution < -0.4 is 9.47 Å². The zero-order chi connectivity index (χ0) is 16.8. The number of aliphatic hydroxyl groups is 1. The van der Waals surface area contributed by atoms with Crippen LogP contribution >= 0.6 is 27.5 Å². The molecule has 4 rings (SSSR count). The SMILES string of the molecule is O=C1c2cc(Cl)ccc2O[C@H](c2cc(Br)cc3c2OCOC3)[C@H]1O. The van der Waals surface area contributed by atoms with Crippen molar-refractivity contribution in [3.05, 3.63) is 56.5 Å². The van der Waals surface area contributed by atoms with E-state index in [-0.39, 0.29) is 12.4 Å². The molecule has 2 aromatic rings. The molecule has 2 heterocycles. The fourth-order valence-corrected chi connectivity index (χ4v) is 3.64. The lowest BCUT2D eigenvalue weighted by Gasteiger charge is -2.32. The number of benzene rings is 2. The third-order valence-corrected chi connectivity index (χ3v) is 4.72. The van der Waals surface area contributed by atoms with E-state index in [2.05, 4.69) is 15.9 Å². The van der Waals surface area contributed by atoms with E-state index in [4.69, 9.17) is 25.8 Å². The highest BCUT2D eigenvalue weighted by Crippen LogP contribution is 2.42. The van der Waals surface area contributed by atoms with Gasteiger partial charge in [0.1, 0.15) is 11.5 Å². The third kappa shape index (κ3) is 2.59. The Kier molecular flexibility index (Phi) is 4.00. The summed E-state index contributed by atoms with van der Waals surface area (Å²) in [5.74, 6) is 0.545. The zero-order valence-corrected chi connectivity index (χ0v) is 14.6. The minimum Gasteiger partial charge on any atom is -0.482 e. The van der Waals surface area contributed by atoms with Gasteiger partial charge in [-0.15, -0.1) is 0 Å². The Bertz CT molecular complexity index is 838. The number of rotatable bonds is 1. The fraction of sp³-hybridized carbons (Fsp3) is 0.235. The van der Waals surface area contributed by atoms with Crippen molar-refractivity contribution in [2.75, 3.05) is 6.79 Å². The molecule has 2 atom stereocenters. The number of aliphatic hydroxyl groups excluding tert-OH is 1. The van der Waals surface area contributed by atoms with Gasteiger partial charge in [-0.25, -0.2) is 0 Å². The molecule has 7 heteroatoms. The van der Waals surface area contributed by atoms with E-state index in [9.17, 15) is 9.90 Å². The maximum atomic E-state index is 12.5. The minimum atomic E-state index is -1.35. The lowest BCUT2D eigenvalue weighted by molar-refractivity contribution is -0.0214. The van der Waals surface area contributed by atoms with E-state index in [1.807, 2.05) is 6.07 Å². The Hall–Kier alpha value is -1.60. The molecule has 2 aliphatic rings. The Morgan fingerprint density at radius 1 is 1.25 bits per heavy atom. The van der Waals surface area contributed by atoms with Crippen LogP contribution in [0.15, 0.2) is 34.8 Å². The highest BCUT2D eigenvalue weighted by molar-refractivity contribution is 9.10. The van der Waals surface area contributed by atoms with Crippen LogP contribution in [0, 0.1) is 0 Å². The van der Waals surface area contributed by atoms with E-state index in [0.717, 1.165) is 10.0 Å². The molecule has 0 aromatic heterocycles. The molecular weight excluding hydrogens is 400 g/mol. The second-order valence-corrected chi connectivity index (χ2v) is 6.93. The summed E-state index contributed by atoms with van der Waals surface area (Å²) >= 11 is 9.36. The summed E-state index contributed by atoms with van der Waals surface area (Å²) in [6, 6.07) is 8.43. The number of ketones is 1. The first-order chi connectivity index (χ1) is 11.5. The second kappa shape index (κ2) is 6.04. The predicted octanol–water partition coefficient (Wildman–Crippen LogP) is 3.65. The highest BCUT2D eigenvalue weighted by Gasteiger charge is 2.39. The minimum absolute atomic E-state index is 0.116. The first kappa shape index (κ1) is 15.9. The molecule has 0 fully saturated rings. The quantitative estimate of drug-likeness (QED) is 0.776. The molecule has 124 valence electrons. The van der Waals surface area contributed by atoms with Gasteiger partial charge in [0.05, 0.1) is 12.2 Å². The Morgan fingerprint density at radius 3 is 2.92 bits per heavy atom. The van der Waals surface area contributed by atoms with Crippen LogP contribution in [-0.4, -0.2) is 23.8 Å².